The van der Waals surface area contributed by atoms with Gasteiger partial charge in [-0.25, -0.2) is 14.6 Å². The zero-order valence-electron chi connectivity index (χ0n) is 12.6. The summed E-state index contributed by atoms with van der Waals surface area (Å²) in [4.78, 5) is 13.2. The fourth-order valence-electron chi connectivity index (χ4n) is 2.66. The van der Waals surface area contributed by atoms with Gasteiger partial charge in [0.05, 0.1) is 17.6 Å². The van der Waals surface area contributed by atoms with Crippen LogP contribution in [0, 0.1) is 0 Å². The van der Waals surface area contributed by atoms with E-state index in [0.29, 0.717) is 12.0 Å². The van der Waals surface area contributed by atoms with Crippen molar-refractivity contribution < 1.29 is 0 Å². The van der Waals surface area contributed by atoms with Crippen molar-refractivity contribution in [2.24, 2.45) is 0 Å². The third-order valence-electron chi connectivity index (χ3n) is 3.84. The molecule has 0 aliphatic carbocycles. The van der Waals surface area contributed by atoms with Crippen molar-refractivity contribution in [2.75, 3.05) is 18.4 Å². The second-order valence-corrected chi connectivity index (χ2v) is 5.48. The molecule has 1 unspecified atom stereocenters. The van der Waals surface area contributed by atoms with E-state index >= 15 is 0 Å². The summed E-state index contributed by atoms with van der Waals surface area (Å²) in [6.07, 6.45) is 10.1. The molecule has 1 saturated heterocycles. The van der Waals surface area contributed by atoms with Gasteiger partial charge >= 0.3 is 0 Å². The molecule has 3 aromatic rings. The molecule has 4 heterocycles. The fourth-order valence-corrected chi connectivity index (χ4v) is 2.66. The van der Waals surface area contributed by atoms with Crippen LogP contribution in [0.25, 0.3) is 16.9 Å². The van der Waals surface area contributed by atoms with Gasteiger partial charge < -0.3 is 10.6 Å². The monoisotopic (exact) mass is 307 g/mol. The van der Waals surface area contributed by atoms with Crippen LogP contribution in [0.15, 0.2) is 49.2 Å². The Balaban J connectivity index is 1.61. The number of anilines is 1. The van der Waals surface area contributed by atoms with E-state index in [0.717, 1.165) is 36.5 Å². The van der Waals surface area contributed by atoms with Crippen molar-refractivity contribution >= 4 is 5.95 Å². The fraction of sp³-hybridized carbons (Fsp3) is 0.250. The first kappa shape index (κ1) is 13.8. The first-order valence-electron chi connectivity index (χ1n) is 7.64. The molecule has 0 saturated carbocycles. The van der Waals surface area contributed by atoms with Crippen molar-refractivity contribution in [1.82, 2.24) is 30.0 Å². The van der Waals surface area contributed by atoms with Gasteiger partial charge in [0.2, 0.25) is 5.95 Å². The molecular weight excluding hydrogens is 290 g/mol. The molecule has 0 aromatic carbocycles. The van der Waals surface area contributed by atoms with Gasteiger partial charge in [0.1, 0.15) is 0 Å². The average molecular weight is 307 g/mol. The summed E-state index contributed by atoms with van der Waals surface area (Å²) in [6.45, 7) is 1.98. The summed E-state index contributed by atoms with van der Waals surface area (Å²) < 4.78 is 1.78. The molecule has 0 bridgehead atoms. The molecule has 0 amide bonds. The minimum absolute atomic E-state index is 0.388. The zero-order valence-corrected chi connectivity index (χ0v) is 12.6. The Morgan fingerprint density at radius 3 is 3.09 bits per heavy atom. The Labute approximate surface area is 133 Å². The summed E-state index contributed by atoms with van der Waals surface area (Å²) >= 11 is 0. The topological polar surface area (TPSA) is 80.5 Å². The molecule has 116 valence electrons. The molecule has 2 N–H and O–H groups in total. The Kier molecular flexibility index (Phi) is 3.69. The third-order valence-corrected chi connectivity index (χ3v) is 3.84. The molecule has 0 radical (unpaired) electrons. The highest BCUT2D eigenvalue weighted by Gasteiger charge is 2.15. The van der Waals surface area contributed by atoms with E-state index in [4.69, 9.17) is 0 Å². The number of nitrogens with one attached hydrogen (secondary N) is 2. The second kappa shape index (κ2) is 6.13. The second-order valence-electron chi connectivity index (χ2n) is 5.48. The number of hydrogen-bond donors (Lipinski definition) is 2. The SMILES string of the molecule is c1cnn(-c2cncc(-c3ccnc(NC4CCNC4)n3)c2)c1. The van der Waals surface area contributed by atoms with Gasteiger partial charge in [-0.15, -0.1) is 0 Å². The molecule has 1 aliphatic rings. The van der Waals surface area contributed by atoms with Crippen molar-refractivity contribution in [3.63, 3.8) is 0 Å². The van der Waals surface area contributed by atoms with Gasteiger partial charge in [-0.05, 0) is 31.2 Å². The first-order chi connectivity index (χ1) is 11.4. The van der Waals surface area contributed by atoms with E-state index in [2.05, 4.69) is 30.7 Å². The highest BCUT2D eigenvalue weighted by molar-refractivity contribution is 5.61. The molecule has 23 heavy (non-hydrogen) atoms. The zero-order chi connectivity index (χ0) is 15.5. The van der Waals surface area contributed by atoms with Crippen LogP contribution in [0.5, 0.6) is 0 Å². The quantitative estimate of drug-likeness (QED) is 0.760. The Morgan fingerprint density at radius 2 is 2.26 bits per heavy atom. The molecule has 0 spiro atoms. The largest absolute Gasteiger partial charge is 0.350 e. The van der Waals surface area contributed by atoms with Crippen molar-refractivity contribution in [3.05, 3.63) is 49.2 Å². The number of hydrogen-bond acceptors (Lipinski definition) is 6. The van der Waals surface area contributed by atoms with Gasteiger partial charge in [-0.1, -0.05) is 0 Å². The van der Waals surface area contributed by atoms with Gasteiger partial charge in [0.25, 0.3) is 0 Å². The highest BCUT2D eigenvalue weighted by Crippen LogP contribution is 2.20. The van der Waals surface area contributed by atoms with E-state index in [9.17, 15) is 0 Å². The Morgan fingerprint density at radius 1 is 1.26 bits per heavy atom. The predicted octanol–water partition coefficient (Wildman–Crippen LogP) is 1.50. The smallest absolute Gasteiger partial charge is 0.223 e. The molecule has 4 rings (SSSR count). The molecule has 1 fully saturated rings. The van der Waals surface area contributed by atoms with Crippen LogP contribution in [0.3, 0.4) is 0 Å². The molecule has 1 atom stereocenters. The van der Waals surface area contributed by atoms with Crippen LogP contribution < -0.4 is 10.6 Å². The molecule has 1 aliphatic heterocycles. The predicted molar refractivity (Wildman–Crippen MR) is 87.3 cm³/mol. The summed E-state index contributed by atoms with van der Waals surface area (Å²) in [7, 11) is 0. The first-order valence-corrected chi connectivity index (χ1v) is 7.64. The number of nitrogens with zero attached hydrogens (tertiary/aromatic N) is 5. The van der Waals surface area contributed by atoms with Crippen LogP contribution >= 0.6 is 0 Å². The Hall–Kier alpha value is -2.80. The molecule has 7 heteroatoms. The van der Waals surface area contributed by atoms with E-state index in [1.807, 2.05) is 24.4 Å². The van der Waals surface area contributed by atoms with Crippen LogP contribution in [-0.2, 0) is 0 Å². The third kappa shape index (κ3) is 3.04. The van der Waals surface area contributed by atoms with E-state index < -0.39 is 0 Å². The summed E-state index contributed by atoms with van der Waals surface area (Å²) in [6, 6.07) is 6.18. The van der Waals surface area contributed by atoms with Crippen LogP contribution in [0.4, 0.5) is 5.95 Å². The normalized spacial score (nSPS) is 17.3. The number of pyridine rings is 1. The molecular formula is C16H17N7. The van der Waals surface area contributed by atoms with Crippen molar-refractivity contribution in [2.45, 2.75) is 12.5 Å². The van der Waals surface area contributed by atoms with E-state index in [1.165, 1.54) is 0 Å². The molecule has 3 aromatic heterocycles. The highest BCUT2D eigenvalue weighted by atomic mass is 15.3. The minimum Gasteiger partial charge on any atom is -0.350 e. The van der Waals surface area contributed by atoms with Crippen LogP contribution in [-0.4, -0.2) is 43.9 Å². The minimum atomic E-state index is 0.388. The lowest BCUT2D eigenvalue weighted by Crippen LogP contribution is -2.23. The van der Waals surface area contributed by atoms with Gasteiger partial charge in [0, 0.05) is 42.9 Å². The Bertz CT molecular complexity index is 779. The maximum absolute atomic E-state index is 4.61. The number of rotatable bonds is 4. The lowest BCUT2D eigenvalue weighted by molar-refractivity contribution is 0.781. The van der Waals surface area contributed by atoms with Gasteiger partial charge in [-0.3, -0.25) is 4.98 Å². The van der Waals surface area contributed by atoms with E-state index in [1.54, 1.807) is 29.5 Å². The summed E-state index contributed by atoms with van der Waals surface area (Å²) in [5.41, 5.74) is 2.68. The summed E-state index contributed by atoms with van der Waals surface area (Å²) in [5, 5.41) is 10.9. The number of aromatic nitrogens is 5. The van der Waals surface area contributed by atoms with Crippen LogP contribution in [0.2, 0.25) is 0 Å². The maximum Gasteiger partial charge on any atom is 0.223 e. The van der Waals surface area contributed by atoms with Gasteiger partial charge in [-0.2, -0.15) is 5.10 Å². The lowest BCUT2D eigenvalue weighted by atomic mass is 10.2. The maximum atomic E-state index is 4.61. The van der Waals surface area contributed by atoms with Crippen molar-refractivity contribution in [1.29, 1.82) is 0 Å². The van der Waals surface area contributed by atoms with Gasteiger partial charge in [0.15, 0.2) is 0 Å². The van der Waals surface area contributed by atoms with E-state index in [-0.39, 0.29) is 0 Å². The molecule has 7 nitrogen and oxygen atoms in total. The van der Waals surface area contributed by atoms with Crippen LogP contribution in [0.1, 0.15) is 6.42 Å². The average Bonchev–Trinajstić information content (AvgIpc) is 3.29. The standard InChI is InChI=1S/C16H17N7/c1-4-20-23(7-1)14-8-12(9-18-11-14)15-3-6-19-16(22-15)21-13-2-5-17-10-13/h1,3-4,6-9,11,13,17H,2,5,10H2,(H,19,21,22). The summed E-state index contributed by atoms with van der Waals surface area (Å²) in [5.74, 6) is 0.653. The van der Waals surface area contributed by atoms with Crippen molar-refractivity contribution in [3.8, 4) is 16.9 Å². The lowest BCUT2D eigenvalue weighted by Gasteiger charge is -2.12.